The van der Waals surface area contributed by atoms with Crippen molar-refractivity contribution in [3.05, 3.63) is 59.7 Å². The highest BCUT2D eigenvalue weighted by Gasteiger charge is 2.42. The Morgan fingerprint density at radius 1 is 1.03 bits per heavy atom. The number of ketones is 1. The summed E-state index contributed by atoms with van der Waals surface area (Å²) in [6.07, 6.45) is 1.15. The number of carbonyl (C=O) groups excluding carboxylic acids is 4. The summed E-state index contributed by atoms with van der Waals surface area (Å²) < 4.78 is 27.1. The highest BCUT2D eigenvalue weighted by molar-refractivity contribution is 7.89. The SMILES string of the molecule is CCC1(c2ccc(NC(=O)CCNS(=O)(=O)c3ccc(C(C)=O)cc3)cc2)CCC(=O)NC1=O. The number of Topliss-reactive ketones (excluding diaryl/α,β-unsaturated/α-hetero) is 1. The van der Waals surface area contributed by atoms with E-state index in [9.17, 15) is 27.6 Å². The molecular formula is C24H27N3O6S. The van der Waals surface area contributed by atoms with E-state index in [0.717, 1.165) is 5.56 Å². The second-order valence-corrected chi connectivity index (χ2v) is 9.93. The van der Waals surface area contributed by atoms with Crippen LogP contribution in [0.5, 0.6) is 0 Å². The normalized spacial score (nSPS) is 18.3. The van der Waals surface area contributed by atoms with Crippen LogP contribution < -0.4 is 15.4 Å². The van der Waals surface area contributed by atoms with Crippen LogP contribution in [0.3, 0.4) is 0 Å². The van der Waals surface area contributed by atoms with Gasteiger partial charge in [0.2, 0.25) is 27.7 Å². The van der Waals surface area contributed by atoms with Gasteiger partial charge in [-0.15, -0.1) is 0 Å². The number of anilines is 1. The number of sulfonamides is 1. The smallest absolute Gasteiger partial charge is 0.240 e. The van der Waals surface area contributed by atoms with Gasteiger partial charge in [0.25, 0.3) is 0 Å². The lowest BCUT2D eigenvalue weighted by atomic mass is 9.72. The molecule has 1 unspecified atom stereocenters. The Kier molecular flexibility index (Phi) is 7.63. The van der Waals surface area contributed by atoms with Crippen LogP contribution in [0.2, 0.25) is 0 Å². The molecule has 1 atom stereocenters. The largest absolute Gasteiger partial charge is 0.326 e. The van der Waals surface area contributed by atoms with E-state index < -0.39 is 15.4 Å². The summed E-state index contributed by atoms with van der Waals surface area (Å²) in [6.45, 7) is 3.18. The molecule has 1 heterocycles. The minimum absolute atomic E-state index is 0.00630. The van der Waals surface area contributed by atoms with Crippen molar-refractivity contribution in [2.75, 3.05) is 11.9 Å². The molecule has 3 rings (SSSR count). The fourth-order valence-electron chi connectivity index (χ4n) is 3.91. The number of hydrogen-bond acceptors (Lipinski definition) is 6. The van der Waals surface area contributed by atoms with Gasteiger partial charge in [0, 0.05) is 30.6 Å². The fourth-order valence-corrected chi connectivity index (χ4v) is 4.95. The zero-order valence-corrected chi connectivity index (χ0v) is 19.8. The first-order valence-electron chi connectivity index (χ1n) is 10.9. The van der Waals surface area contributed by atoms with Gasteiger partial charge in [-0.2, -0.15) is 0 Å². The van der Waals surface area contributed by atoms with Gasteiger partial charge in [-0.05, 0) is 49.6 Å². The van der Waals surface area contributed by atoms with Gasteiger partial charge in [-0.1, -0.05) is 31.2 Å². The second-order valence-electron chi connectivity index (χ2n) is 8.17. The third-order valence-electron chi connectivity index (χ3n) is 6.01. The number of rotatable bonds is 9. The molecule has 9 nitrogen and oxygen atoms in total. The molecule has 34 heavy (non-hydrogen) atoms. The van der Waals surface area contributed by atoms with Gasteiger partial charge in [0.15, 0.2) is 5.78 Å². The summed E-state index contributed by atoms with van der Waals surface area (Å²) in [5.41, 5.74) is 0.903. The maximum atomic E-state index is 12.5. The van der Waals surface area contributed by atoms with E-state index in [1.807, 2.05) is 6.92 Å². The Bertz CT molecular complexity index is 1210. The lowest BCUT2D eigenvalue weighted by Gasteiger charge is -2.35. The highest BCUT2D eigenvalue weighted by atomic mass is 32.2. The summed E-state index contributed by atoms with van der Waals surface area (Å²) in [4.78, 5) is 47.6. The molecule has 3 N–H and O–H groups in total. The molecule has 1 saturated heterocycles. The van der Waals surface area contributed by atoms with Crippen LogP contribution in [-0.4, -0.2) is 38.5 Å². The monoisotopic (exact) mass is 485 g/mol. The minimum Gasteiger partial charge on any atom is -0.326 e. The lowest BCUT2D eigenvalue weighted by Crippen LogP contribution is -2.51. The standard InChI is InChI=1S/C24H27N3O6S/c1-3-24(14-12-21(29)27-23(24)31)18-6-8-19(9-7-18)26-22(30)13-15-25-34(32,33)20-10-4-17(5-11-20)16(2)28/h4-11,25H,3,12-15H2,1-2H3,(H,26,30)(H,27,29,31). The van der Waals surface area contributed by atoms with Crippen molar-refractivity contribution in [1.82, 2.24) is 10.0 Å². The van der Waals surface area contributed by atoms with E-state index in [4.69, 9.17) is 0 Å². The summed E-state index contributed by atoms with van der Waals surface area (Å²) in [5.74, 6) is -1.13. The van der Waals surface area contributed by atoms with Crippen LogP contribution in [0.15, 0.2) is 53.4 Å². The highest BCUT2D eigenvalue weighted by Crippen LogP contribution is 2.36. The van der Waals surface area contributed by atoms with Crippen LogP contribution in [-0.2, 0) is 29.8 Å². The first kappa shape index (κ1) is 25.3. The molecule has 0 aliphatic carbocycles. The Morgan fingerprint density at radius 2 is 1.68 bits per heavy atom. The molecule has 0 saturated carbocycles. The summed E-state index contributed by atoms with van der Waals surface area (Å²) in [7, 11) is -3.81. The molecule has 3 amide bonds. The quantitative estimate of drug-likeness (QED) is 0.368. The van der Waals surface area contributed by atoms with Crippen molar-refractivity contribution in [1.29, 1.82) is 0 Å². The maximum absolute atomic E-state index is 12.5. The molecule has 2 aromatic carbocycles. The number of hydrogen-bond donors (Lipinski definition) is 3. The van der Waals surface area contributed by atoms with Crippen LogP contribution in [0.25, 0.3) is 0 Å². The molecule has 1 fully saturated rings. The Morgan fingerprint density at radius 3 is 2.24 bits per heavy atom. The van der Waals surface area contributed by atoms with Gasteiger partial charge in [0.1, 0.15) is 0 Å². The first-order chi connectivity index (χ1) is 16.1. The van der Waals surface area contributed by atoms with E-state index in [0.29, 0.717) is 24.1 Å². The van der Waals surface area contributed by atoms with Crippen molar-refractivity contribution >= 4 is 39.2 Å². The maximum Gasteiger partial charge on any atom is 0.240 e. The third-order valence-corrected chi connectivity index (χ3v) is 7.48. The van der Waals surface area contributed by atoms with Crippen LogP contribution in [0.1, 0.15) is 55.5 Å². The van der Waals surface area contributed by atoms with Gasteiger partial charge in [0.05, 0.1) is 10.3 Å². The Labute approximate surface area is 198 Å². The number of benzene rings is 2. The Balaban J connectivity index is 1.55. The predicted molar refractivity (Wildman–Crippen MR) is 126 cm³/mol. The van der Waals surface area contributed by atoms with Gasteiger partial charge in [-0.25, -0.2) is 13.1 Å². The van der Waals surface area contributed by atoms with Crippen molar-refractivity contribution in [2.24, 2.45) is 0 Å². The average Bonchev–Trinajstić information content (AvgIpc) is 2.80. The summed E-state index contributed by atoms with van der Waals surface area (Å²) in [6, 6.07) is 12.4. The second kappa shape index (κ2) is 10.3. The molecule has 0 bridgehead atoms. The number of carbonyl (C=O) groups is 4. The van der Waals surface area contributed by atoms with E-state index in [2.05, 4.69) is 15.4 Å². The summed E-state index contributed by atoms with van der Waals surface area (Å²) in [5, 5.41) is 5.10. The number of imide groups is 1. The van der Waals surface area contributed by atoms with Gasteiger partial charge in [-0.3, -0.25) is 24.5 Å². The topological polar surface area (TPSA) is 139 Å². The number of nitrogens with one attached hydrogen (secondary N) is 3. The summed E-state index contributed by atoms with van der Waals surface area (Å²) >= 11 is 0. The van der Waals surface area contributed by atoms with Gasteiger partial charge >= 0.3 is 0 Å². The van der Waals surface area contributed by atoms with Crippen molar-refractivity contribution in [2.45, 2.75) is 49.8 Å². The van der Waals surface area contributed by atoms with E-state index in [1.165, 1.54) is 31.2 Å². The first-order valence-corrected chi connectivity index (χ1v) is 12.4. The molecule has 1 aliphatic rings. The lowest BCUT2D eigenvalue weighted by molar-refractivity contribution is -0.138. The minimum atomic E-state index is -3.81. The zero-order chi connectivity index (χ0) is 24.9. The molecular weight excluding hydrogens is 458 g/mol. The molecule has 10 heteroatoms. The third kappa shape index (κ3) is 5.57. The number of amides is 3. The van der Waals surface area contributed by atoms with Crippen LogP contribution in [0.4, 0.5) is 5.69 Å². The van der Waals surface area contributed by atoms with Gasteiger partial charge < -0.3 is 5.32 Å². The predicted octanol–water partition coefficient (Wildman–Crippen LogP) is 2.28. The van der Waals surface area contributed by atoms with Crippen LogP contribution >= 0.6 is 0 Å². The van der Waals surface area contributed by atoms with Crippen LogP contribution in [0, 0.1) is 0 Å². The van der Waals surface area contributed by atoms with E-state index >= 15 is 0 Å². The molecule has 1 aliphatic heterocycles. The average molecular weight is 486 g/mol. The molecule has 0 spiro atoms. The van der Waals surface area contributed by atoms with E-state index in [-0.39, 0.29) is 47.8 Å². The van der Waals surface area contributed by atoms with Crippen molar-refractivity contribution in [3.8, 4) is 0 Å². The molecule has 2 aromatic rings. The van der Waals surface area contributed by atoms with E-state index in [1.54, 1.807) is 24.3 Å². The Hall–Kier alpha value is -3.37. The molecule has 0 radical (unpaired) electrons. The van der Waals surface area contributed by atoms with Crippen molar-refractivity contribution in [3.63, 3.8) is 0 Å². The molecule has 0 aromatic heterocycles. The van der Waals surface area contributed by atoms with Crippen molar-refractivity contribution < 1.29 is 27.6 Å². The number of piperidine rings is 1. The zero-order valence-electron chi connectivity index (χ0n) is 19.0. The molecule has 180 valence electrons. The fraction of sp³-hybridized carbons (Fsp3) is 0.333.